The summed E-state index contributed by atoms with van der Waals surface area (Å²) in [5, 5.41) is 2.84. The highest BCUT2D eigenvalue weighted by molar-refractivity contribution is 5.92. The van der Waals surface area contributed by atoms with Crippen molar-refractivity contribution in [3.63, 3.8) is 0 Å². The van der Waals surface area contributed by atoms with Crippen LogP contribution in [0.15, 0.2) is 42.5 Å². The molecule has 3 rings (SSSR count). The predicted molar refractivity (Wildman–Crippen MR) is 99.4 cm³/mol. The van der Waals surface area contributed by atoms with E-state index in [4.69, 9.17) is 9.47 Å². The van der Waals surface area contributed by atoms with Crippen molar-refractivity contribution < 1.29 is 14.3 Å². The molecule has 2 aromatic rings. The maximum atomic E-state index is 12.1. The number of hydrogen-bond donors (Lipinski definition) is 1. The molecule has 0 saturated heterocycles. The van der Waals surface area contributed by atoms with Crippen LogP contribution >= 0.6 is 0 Å². The lowest BCUT2D eigenvalue weighted by Crippen LogP contribution is -2.20. The highest BCUT2D eigenvalue weighted by Gasteiger charge is 2.11. The number of benzene rings is 2. The van der Waals surface area contributed by atoms with E-state index in [9.17, 15) is 4.79 Å². The molecule has 132 valence electrons. The van der Waals surface area contributed by atoms with Crippen LogP contribution in [0.3, 0.4) is 0 Å². The first kappa shape index (κ1) is 17.3. The summed E-state index contributed by atoms with van der Waals surface area (Å²) in [5.41, 5.74) is 3.46. The summed E-state index contributed by atoms with van der Waals surface area (Å²) in [7, 11) is 0. The van der Waals surface area contributed by atoms with E-state index in [1.807, 2.05) is 44.2 Å². The van der Waals surface area contributed by atoms with Gasteiger partial charge < -0.3 is 14.8 Å². The molecule has 0 unspecified atom stereocenters. The summed E-state index contributed by atoms with van der Waals surface area (Å²) in [6.45, 7) is 3.93. The van der Waals surface area contributed by atoms with Crippen LogP contribution in [0.4, 0.5) is 5.69 Å². The van der Waals surface area contributed by atoms with E-state index in [0.717, 1.165) is 24.3 Å². The van der Waals surface area contributed by atoms with Crippen LogP contribution in [-0.4, -0.2) is 18.6 Å². The minimum absolute atomic E-state index is 0.00590. The molecule has 0 heterocycles. The summed E-state index contributed by atoms with van der Waals surface area (Å²) < 4.78 is 11.3. The Morgan fingerprint density at radius 1 is 1.04 bits per heavy atom. The molecule has 0 fully saturated rings. The number of amides is 1. The van der Waals surface area contributed by atoms with Crippen LogP contribution in [0, 0.1) is 0 Å². The number of hydrogen-bond acceptors (Lipinski definition) is 3. The fourth-order valence-corrected chi connectivity index (χ4v) is 3.06. The molecule has 25 heavy (non-hydrogen) atoms. The first-order valence-corrected chi connectivity index (χ1v) is 8.91. The minimum Gasteiger partial charge on any atom is -0.491 e. The zero-order chi connectivity index (χ0) is 17.6. The topological polar surface area (TPSA) is 47.6 Å². The van der Waals surface area contributed by atoms with Gasteiger partial charge in [-0.15, -0.1) is 0 Å². The minimum atomic E-state index is -0.181. The summed E-state index contributed by atoms with van der Waals surface area (Å²) in [6.07, 6.45) is 4.82. The van der Waals surface area contributed by atoms with E-state index in [0.29, 0.717) is 5.69 Å². The van der Waals surface area contributed by atoms with E-state index in [1.54, 1.807) is 0 Å². The van der Waals surface area contributed by atoms with Gasteiger partial charge in [0.25, 0.3) is 5.91 Å². The van der Waals surface area contributed by atoms with Crippen LogP contribution in [0.2, 0.25) is 0 Å². The van der Waals surface area contributed by atoms with Gasteiger partial charge in [-0.1, -0.05) is 12.1 Å². The second-order valence-corrected chi connectivity index (χ2v) is 6.67. The molecule has 0 radical (unpaired) electrons. The molecule has 1 aliphatic rings. The van der Waals surface area contributed by atoms with Crippen molar-refractivity contribution in [1.82, 2.24) is 0 Å². The molecule has 0 saturated carbocycles. The molecule has 0 atom stereocenters. The van der Waals surface area contributed by atoms with Crippen molar-refractivity contribution in [2.45, 2.75) is 45.6 Å². The summed E-state index contributed by atoms with van der Waals surface area (Å²) in [5.74, 6) is 1.32. The van der Waals surface area contributed by atoms with Gasteiger partial charge in [0.05, 0.1) is 6.10 Å². The lowest BCUT2D eigenvalue weighted by molar-refractivity contribution is -0.118. The Balaban J connectivity index is 1.54. The number of carbonyl (C=O) groups excluding carboxylic acids is 1. The Bertz CT molecular complexity index is 740. The van der Waals surface area contributed by atoms with Gasteiger partial charge in [0.15, 0.2) is 6.61 Å². The standard InChI is InChI=1S/C21H25NO3/c1-15(2)25-20-9-5-8-18(13-20)22-21(23)14-24-19-11-10-16-6-3-4-7-17(16)12-19/h5,8-13,15H,3-4,6-7,14H2,1-2H3,(H,22,23). The van der Waals surface area contributed by atoms with Crippen molar-refractivity contribution in [2.24, 2.45) is 0 Å². The summed E-state index contributed by atoms with van der Waals surface area (Å²) in [4.78, 5) is 12.1. The van der Waals surface area contributed by atoms with Crippen LogP contribution < -0.4 is 14.8 Å². The first-order chi connectivity index (χ1) is 12.1. The number of carbonyl (C=O) groups is 1. The Morgan fingerprint density at radius 2 is 1.84 bits per heavy atom. The first-order valence-electron chi connectivity index (χ1n) is 8.91. The average Bonchev–Trinajstić information content (AvgIpc) is 2.59. The number of rotatable bonds is 6. The van der Waals surface area contributed by atoms with Gasteiger partial charge in [0.1, 0.15) is 11.5 Å². The fourth-order valence-electron chi connectivity index (χ4n) is 3.06. The Morgan fingerprint density at radius 3 is 2.64 bits per heavy atom. The smallest absolute Gasteiger partial charge is 0.262 e. The number of fused-ring (bicyclic) bond motifs is 1. The van der Waals surface area contributed by atoms with Gasteiger partial charge in [-0.25, -0.2) is 0 Å². The van der Waals surface area contributed by atoms with E-state index in [-0.39, 0.29) is 18.6 Å². The van der Waals surface area contributed by atoms with E-state index in [1.165, 1.54) is 24.0 Å². The number of anilines is 1. The lowest BCUT2D eigenvalue weighted by atomic mass is 9.92. The molecule has 2 aromatic carbocycles. The van der Waals surface area contributed by atoms with Gasteiger partial charge in [-0.3, -0.25) is 4.79 Å². The monoisotopic (exact) mass is 339 g/mol. The molecule has 0 aliphatic heterocycles. The molecule has 1 N–H and O–H groups in total. The van der Waals surface area contributed by atoms with Gasteiger partial charge >= 0.3 is 0 Å². The van der Waals surface area contributed by atoms with Crippen molar-refractivity contribution in [1.29, 1.82) is 0 Å². The van der Waals surface area contributed by atoms with E-state index >= 15 is 0 Å². The second-order valence-electron chi connectivity index (χ2n) is 6.67. The quantitative estimate of drug-likeness (QED) is 0.850. The summed E-state index contributed by atoms with van der Waals surface area (Å²) in [6, 6.07) is 13.5. The number of ether oxygens (including phenoxy) is 2. The third kappa shape index (κ3) is 4.99. The highest BCUT2D eigenvalue weighted by Crippen LogP contribution is 2.25. The van der Waals surface area contributed by atoms with Gasteiger partial charge in [0, 0.05) is 11.8 Å². The SMILES string of the molecule is CC(C)Oc1cccc(NC(=O)COc2ccc3c(c2)CCCC3)c1. The molecular weight excluding hydrogens is 314 g/mol. The van der Waals surface area contributed by atoms with Crippen molar-refractivity contribution in [3.8, 4) is 11.5 Å². The Labute approximate surface area is 149 Å². The Hall–Kier alpha value is -2.49. The maximum Gasteiger partial charge on any atom is 0.262 e. The fraction of sp³-hybridized carbons (Fsp3) is 0.381. The van der Waals surface area contributed by atoms with Crippen molar-refractivity contribution in [2.75, 3.05) is 11.9 Å². The van der Waals surface area contributed by atoms with Crippen LogP contribution in [-0.2, 0) is 17.6 Å². The second kappa shape index (κ2) is 8.06. The third-order valence-corrected chi connectivity index (χ3v) is 4.18. The van der Waals surface area contributed by atoms with Crippen LogP contribution in [0.1, 0.15) is 37.8 Å². The third-order valence-electron chi connectivity index (χ3n) is 4.18. The molecule has 4 nitrogen and oxygen atoms in total. The van der Waals surface area contributed by atoms with E-state index < -0.39 is 0 Å². The van der Waals surface area contributed by atoms with Crippen LogP contribution in [0.25, 0.3) is 0 Å². The molecule has 1 amide bonds. The van der Waals surface area contributed by atoms with E-state index in [2.05, 4.69) is 17.4 Å². The number of nitrogens with one attached hydrogen (secondary N) is 1. The summed E-state index contributed by atoms with van der Waals surface area (Å²) >= 11 is 0. The van der Waals surface area contributed by atoms with Crippen molar-refractivity contribution in [3.05, 3.63) is 53.6 Å². The maximum absolute atomic E-state index is 12.1. The van der Waals surface area contributed by atoms with Gasteiger partial charge in [-0.05, 0) is 74.9 Å². The lowest BCUT2D eigenvalue weighted by Gasteiger charge is -2.16. The normalized spacial score (nSPS) is 13.2. The molecule has 0 bridgehead atoms. The molecule has 1 aliphatic carbocycles. The predicted octanol–water partition coefficient (Wildman–Crippen LogP) is 4.37. The molecule has 4 heteroatoms. The Kier molecular flexibility index (Phi) is 5.59. The highest BCUT2D eigenvalue weighted by atomic mass is 16.5. The molecule has 0 aromatic heterocycles. The average molecular weight is 339 g/mol. The molecular formula is C21H25NO3. The zero-order valence-corrected chi connectivity index (χ0v) is 14.9. The van der Waals surface area contributed by atoms with Crippen LogP contribution in [0.5, 0.6) is 11.5 Å². The van der Waals surface area contributed by atoms with Crippen molar-refractivity contribution >= 4 is 11.6 Å². The molecule has 0 spiro atoms. The zero-order valence-electron chi connectivity index (χ0n) is 14.9. The van der Waals surface area contributed by atoms with Gasteiger partial charge in [-0.2, -0.15) is 0 Å². The largest absolute Gasteiger partial charge is 0.491 e. The van der Waals surface area contributed by atoms with Gasteiger partial charge in [0.2, 0.25) is 0 Å². The number of aryl methyl sites for hydroxylation is 2.